The highest BCUT2D eigenvalue weighted by Crippen LogP contribution is 2.22. The quantitative estimate of drug-likeness (QED) is 0.753. The molecule has 2 aromatic rings. The fourth-order valence-corrected chi connectivity index (χ4v) is 2.79. The second-order valence-electron chi connectivity index (χ2n) is 5.76. The first-order chi connectivity index (χ1) is 12.4. The zero-order valence-corrected chi connectivity index (χ0v) is 16.1. The van der Waals surface area contributed by atoms with E-state index in [4.69, 9.17) is 23.2 Å². The molecule has 2 amide bonds. The minimum Gasteiger partial charge on any atom is -0.325 e. The number of nitrogens with one attached hydrogen (secondary N) is 2. The number of para-hydroxylation sites is 1. The molecule has 2 N–H and O–H groups in total. The van der Waals surface area contributed by atoms with E-state index < -0.39 is 0 Å². The summed E-state index contributed by atoms with van der Waals surface area (Å²) in [6.07, 6.45) is 2.22. The van der Waals surface area contributed by atoms with Crippen LogP contribution in [0.2, 0.25) is 10.0 Å². The zero-order chi connectivity index (χ0) is 19.1. The summed E-state index contributed by atoms with van der Waals surface area (Å²) in [6, 6.07) is 9.12. The first-order valence-corrected chi connectivity index (χ1v) is 8.81. The van der Waals surface area contributed by atoms with Gasteiger partial charge in [-0.15, -0.1) is 0 Å². The number of likely N-dealkylation sites (N-methyl/N-ethyl adjacent to an activating group) is 1. The maximum atomic E-state index is 12.2. The Balaban J connectivity index is 1.86. The van der Waals surface area contributed by atoms with Gasteiger partial charge in [-0.1, -0.05) is 48.3 Å². The van der Waals surface area contributed by atoms with Crippen LogP contribution >= 0.6 is 23.2 Å². The number of nitrogens with zero attached hydrogens (tertiary/aromatic N) is 2. The number of amides is 2. The van der Waals surface area contributed by atoms with Gasteiger partial charge in [0.25, 0.3) is 0 Å². The van der Waals surface area contributed by atoms with Crippen LogP contribution in [0, 0.1) is 0 Å². The van der Waals surface area contributed by atoms with Crippen LogP contribution in [0.3, 0.4) is 0 Å². The Bertz CT molecular complexity index is 799. The number of carbonyl (C=O) groups is 2. The molecule has 8 heteroatoms. The highest BCUT2D eigenvalue weighted by Gasteiger charge is 2.13. The smallest absolute Gasteiger partial charge is 0.239 e. The molecular formula is C18H20Cl2N4O2. The van der Waals surface area contributed by atoms with Crippen LogP contribution < -0.4 is 10.6 Å². The molecule has 1 aromatic carbocycles. The fourth-order valence-electron chi connectivity index (χ4n) is 2.36. The van der Waals surface area contributed by atoms with Crippen molar-refractivity contribution in [2.24, 2.45) is 0 Å². The molecule has 0 saturated carbocycles. The van der Waals surface area contributed by atoms with Crippen molar-refractivity contribution in [2.45, 2.75) is 13.3 Å². The molecular weight excluding hydrogens is 375 g/mol. The van der Waals surface area contributed by atoms with Gasteiger partial charge in [0.05, 0.1) is 23.1 Å². The molecule has 0 aliphatic carbocycles. The lowest BCUT2D eigenvalue weighted by Crippen LogP contribution is -2.36. The average molecular weight is 395 g/mol. The van der Waals surface area contributed by atoms with Crippen molar-refractivity contribution < 1.29 is 9.59 Å². The molecule has 0 aliphatic rings. The van der Waals surface area contributed by atoms with Gasteiger partial charge < -0.3 is 10.6 Å². The number of aromatic nitrogens is 1. The molecule has 6 nitrogen and oxygen atoms in total. The molecule has 138 valence electrons. The van der Waals surface area contributed by atoms with Gasteiger partial charge in [-0.2, -0.15) is 0 Å². The van der Waals surface area contributed by atoms with E-state index in [1.807, 2.05) is 31.2 Å². The minimum atomic E-state index is -0.328. The van der Waals surface area contributed by atoms with E-state index in [1.165, 1.54) is 12.3 Å². The molecule has 26 heavy (non-hydrogen) atoms. The van der Waals surface area contributed by atoms with Crippen LogP contribution in [0.5, 0.6) is 0 Å². The predicted molar refractivity (Wildman–Crippen MR) is 105 cm³/mol. The number of carbonyl (C=O) groups excluding carboxylic acids is 2. The Morgan fingerprint density at radius 2 is 1.77 bits per heavy atom. The zero-order valence-electron chi connectivity index (χ0n) is 14.6. The van der Waals surface area contributed by atoms with Crippen molar-refractivity contribution in [1.29, 1.82) is 0 Å². The van der Waals surface area contributed by atoms with Gasteiger partial charge in [0, 0.05) is 11.9 Å². The third-order valence-corrected chi connectivity index (χ3v) is 4.06. The van der Waals surface area contributed by atoms with Crippen LogP contribution in [0.25, 0.3) is 0 Å². The Labute approximate surface area is 162 Å². The highest BCUT2D eigenvalue weighted by molar-refractivity contribution is 6.36. The summed E-state index contributed by atoms with van der Waals surface area (Å²) in [5, 5.41) is 6.10. The van der Waals surface area contributed by atoms with E-state index in [0.29, 0.717) is 5.02 Å². The lowest BCUT2D eigenvalue weighted by Gasteiger charge is -2.17. The number of halogens is 2. The van der Waals surface area contributed by atoms with Crippen molar-refractivity contribution >= 4 is 46.5 Å². The number of aryl methyl sites for hydroxylation is 1. The number of hydrogen-bond acceptors (Lipinski definition) is 4. The number of hydrogen-bond donors (Lipinski definition) is 2. The minimum absolute atomic E-state index is 0.0173. The Morgan fingerprint density at radius 3 is 2.42 bits per heavy atom. The Morgan fingerprint density at radius 1 is 1.12 bits per heavy atom. The van der Waals surface area contributed by atoms with Crippen LogP contribution in [-0.4, -0.2) is 41.8 Å². The van der Waals surface area contributed by atoms with E-state index in [-0.39, 0.29) is 35.7 Å². The van der Waals surface area contributed by atoms with Gasteiger partial charge in [0.2, 0.25) is 11.8 Å². The van der Waals surface area contributed by atoms with Crippen molar-refractivity contribution in [1.82, 2.24) is 9.88 Å². The molecule has 0 aliphatic heterocycles. The van der Waals surface area contributed by atoms with Crippen molar-refractivity contribution in [3.05, 3.63) is 52.1 Å². The molecule has 0 atom stereocenters. The van der Waals surface area contributed by atoms with E-state index in [2.05, 4.69) is 15.6 Å². The first kappa shape index (κ1) is 20.2. The highest BCUT2D eigenvalue weighted by atomic mass is 35.5. The summed E-state index contributed by atoms with van der Waals surface area (Å²) in [7, 11) is 1.68. The third kappa shape index (κ3) is 5.98. The molecule has 0 fully saturated rings. The van der Waals surface area contributed by atoms with Gasteiger partial charge >= 0.3 is 0 Å². The lowest BCUT2D eigenvalue weighted by atomic mass is 10.1. The van der Waals surface area contributed by atoms with E-state index in [9.17, 15) is 9.59 Å². The van der Waals surface area contributed by atoms with E-state index >= 15 is 0 Å². The number of pyridine rings is 1. The molecule has 1 heterocycles. The van der Waals surface area contributed by atoms with Crippen LogP contribution in [-0.2, 0) is 16.0 Å². The van der Waals surface area contributed by atoms with Gasteiger partial charge in [-0.25, -0.2) is 4.98 Å². The fraction of sp³-hybridized carbons (Fsp3) is 0.278. The topological polar surface area (TPSA) is 74.3 Å². The summed E-state index contributed by atoms with van der Waals surface area (Å²) in [5.74, 6) is -0.286. The molecule has 0 spiro atoms. The SMILES string of the molecule is CCc1ccccc1NC(=O)CN(C)CC(=O)Nc1ncc(Cl)cc1Cl. The van der Waals surface area contributed by atoms with Crippen LogP contribution in [0.4, 0.5) is 11.5 Å². The number of anilines is 2. The van der Waals surface area contributed by atoms with E-state index in [1.54, 1.807) is 11.9 Å². The third-order valence-electron chi connectivity index (χ3n) is 3.57. The predicted octanol–water partition coefficient (Wildman–Crippen LogP) is 3.46. The average Bonchev–Trinajstić information content (AvgIpc) is 2.57. The Kier molecular flexibility index (Phi) is 7.38. The maximum absolute atomic E-state index is 12.2. The molecule has 0 radical (unpaired) electrons. The van der Waals surface area contributed by atoms with E-state index in [0.717, 1.165) is 17.7 Å². The normalized spacial score (nSPS) is 10.7. The monoisotopic (exact) mass is 394 g/mol. The van der Waals surface area contributed by atoms with Gasteiger partial charge in [0.1, 0.15) is 0 Å². The maximum Gasteiger partial charge on any atom is 0.239 e. The lowest BCUT2D eigenvalue weighted by molar-refractivity contribution is -0.119. The van der Waals surface area contributed by atoms with Crippen molar-refractivity contribution in [2.75, 3.05) is 30.8 Å². The summed E-state index contributed by atoms with van der Waals surface area (Å²) in [6.45, 7) is 2.12. The van der Waals surface area contributed by atoms with Crippen molar-refractivity contribution in [3.8, 4) is 0 Å². The second kappa shape index (κ2) is 9.52. The number of rotatable bonds is 7. The molecule has 0 saturated heterocycles. The van der Waals surface area contributed by atoms with Gasteiger partial charge in [-0.05, 0) is 31.2 Å². The van der Waals surface area contributed by atoms with Gasteiger partial charge in [-0.3, -0.25) is 14.5 Å². The summed E-state index contributed by atoms with van der Waals surface area (Å²) in [5.41, 5.74) is 1.85. The van der Waals surface area contributed by atoms with Crippen molar-refractivity contribution in [3.63, 3.8) is 0 Å². The second-order valence-corrected chi connectivity index (χ2v) is 6.61. The Hall–Kier alpha value is -2.15. The number of benzene rings is 1. The summed E-state index contributed by atoms with van der Waals surface area (Å²) in [4.78, 5) is 29.8. The van der Waals surface area contributed by atoms with Gasteiger partial charge in [0.15, 0.2) is 5.82 Å². The summed E-state index contributed by atoms with van der Waals surface area (Å²) >= 11 is 11.7. The molecule has 1 aromatic heterocycles. The largest absolute Gasteiger partial charge is 0.325 e. The van der Waals surface area contributed by atoms with Crippen LogP contribution in [0.15, 0.2) is 36.5 Å². The molecule has 0 bridgehead atoms. The standard InChI is InChI=1S/C18H20Cl2N4O2/c1-3-12-6-4-5-7-15(12)22-16(25)10-24(2)11-17(26)23-18-14(20)8-13(19)9-21-18/h4-9H,3,10-11H2,1-2H3,(H,22,25)(H,21,23,26). The molecule has 0 unspecified atom stereocenters. The summed E-state index contributed by atoms with van der Waals surface area (Å²) < 4.78 is 0. The first-order valence-electron chi connectivity index (χ1n) is 8.06. The van der Waals surface area contributed by atoms with Crippen LogP contribution in [0.1, 0.15) is 12.5 Å². The molecule has 2 rings (SSSR count).